The van der Waals surface area contributed by atoms with E-state index in [0.29, 0.717) is 0 Å². The van der Waals surface area contributed by atoms with Gasteiger partial charge in [-0.3, -0.25) is 9.08 Å². The van der Waals surface area contributed by atoms with Crippen molar-refractivity contribution in [3.8, 4) is 0 Å². The highest BCUT2D eigenvalue weighted by Crippen LogP contribution is 2.23. The Hall–Kier alpha value is -1.12. The third-order valence-electron chi connectivity index (χ3n) is 3.61. The van der Waals surface area contributed by atoms with Crippen LogP contribution in [0.1, 0.15) is 18.4 Å². The molecule has 0 aliphatic carbocycles. The van der Waals surface area contributed by atoms with Crippen LogP contribution in [0.4, 0.5) is 13.2 Å². The Morgan fingerprint density at radius 2 is 1.68 bits per heavy atom. The molecule has 0 spiro atoms. The van der Waals surface area contributed by atoms with Gasteiger partial charge >= 0.3 is 0 Å². The van der Waals surface area contributed by atoms with Crippen LogP contribution < -0.4 is 0 Å². The average Bonchev–Trinajstić information content (AvgIpc) is 2.47. The first-order valence-electron chi connectivity index (χ1n) is 6.96. The van der Waals surface area contributed by atoms with E-state index in [2.05, 4.69) is 0 Å². The van der Waals surface area contributed by atoms with Crippen molar-refractivity contribution in [2.24, 2.45) is 0 Å². The molecule has 2 rings (SSSR count). The third-order valence-corrected chi connectivity index (χ3v) is 4.98. The van der Waals surface area contributed by atoms with Crippen molar-refractivity contribution >= 4 is 10.1 Å². The summed E-state index contributed by atoms with van der Waals surface area (Å²) in [6.07, 6.45) is -5.60. The summed E-state index contributed by atoms with van der Waals surface area (Å²) in [5, 5.41) is 0. The second-order valence-electron chi connectivity index (χ2n) is 5.31. The number of benzene rings is 1. The molecule has 1 aliphatic rings. The van der Waals surface area contributed by atoms with E-state index >= 15 is 0 Å². The van der Waals surface area contributed by atoms with Crippen molar-refractivity contribution in [3.05, 3.63) is 29.8 Å². The molecular formula is C14H18F3NO3S. The Bertz CT molecular complexity index is 584. The second kappa shape index (κ2) is 6.97. The minimum Gasteiger partial charge on any atom is -0.269 e. The van der Waals surface area contributed by atoms with Gasteiger partial charge in [0.15, 0.2) is 0 Å². The molecule has 8 heteroatoms. The lowest BCUT2D eigenvalue weighted by Crippen LogP contribution is -2.44. The summed E-state index contributed by atoms with van der Waals surface area (Å²) < 4.78 is 67.1. The predicted octanol–water partition coefficient (Wildman–Crippen LogP) is 2.73. The monoisotopic (exact) mass is 337 g/mol. The molecule has 0 radical (unpaired) electrons. The lowest BCUT2D eigenvalue weighted by molar-refractivity contribution is -0.0661. The van der Waals surface area contributed by atoms with E-state index in [1.54, 1.807) is 12.1 Å². The first kappa shape index (κ1) is 17.2. The molecule has 1 heterocycles. The molecule has 0 N–H and O–H groups in total. The van der Waals surface area contributed by atoms with Crippen molar-refractivity contribution in [1.82, 2.24) is 4.90 Å². The van der Waals surface area contributed by atoms with Crippen LogP contribution in [0, 0.1) is 6.92 Å². The molecule has 1 unspecified atom stereocenters. The Labute approximate surface area is 128 Å². The first-order chi connectivity index (χ1) is 10.3. The maximum absolute atomic E-state index is 13.2. The summed E-state index contributed by atoms with van der Waals surface area (Å²) in [6.45, 7) is 1.92. The molecule has 1 aromatic carbocycles. The maximum Gasteiger partial charge on any atom is 0.297 e. The highest BCUT2D eigenvalue weighted by molar-refractivity contribution is 7.86. The van der Waals surface area contributed by atoms with Gasteiger partial charge in [0.05, 0.1) is 11.0 Å². The molecule has 22 heavy (non-hydrogen) atoms. The number of aryl methyl sites for hydroxylation is 1. The van der Waals surface area contributed by atoms with E-state index in [0.717, 1.165) is 10.5 Å². The topological polar surface area (TPSA) is 46.6 Å². The van der Waals surface area contributed by atoms with Gasteiger partial charge in [0.25, 0.3) is 16.5 Å². The van der Waals surface area contributed by atoms with Crippen LogP contribution in [0.3, 0.4) is 0 Å². The fourth-order valence-electron chi connectivity index (χ4n) is 2.32. The number of likely N-dealkylation sites (tertiary alicyclic amines) is 1. The normalized spacial score (nSPS) is 19.5. The Morgan fingerprint density at radius 1 is 1.14 bits per heavy atom. The fourth-order valence-corrected chi connectivity index (χ4v) is 3.45. The van der Waals surface area contributed by atoms with E-state index in [1.165, 1.54) is 12.1 Å². The summed E-state index contributed by atoms with van der Waals surface area (Å²) in [5.74, 6) is 0. The van der Waals surface area contributed by atoms with Gasteiger partial charge in [-0.2, -0.15) is 8.42 Å². The van der Waals surface area contributed by atoms with Crippen molar-refractivity contribution in [3.63, 3.8) is 0 Å². The van der Waals surface area contributed by atoms with Gasteiger partial charge in [-0.05, 0) is 31.9 Å². The van der Waals surface area contributed by atoms with Gasteiger partial charge in [-0.1, -0.05) is 17.7 Å². The Kier molecular flexibility index (Phi) is 5.46. The molecule has 1 aliphatic heterocycles. The van der Waals surface area contributed by atoms with E-state index in [-0.39, 0.29) is 30.8 Å². The average molecular weight is 337 g/mol. The summed E-state index contributed by atoms with van der Waals surface area (Å²) in [6, 6.07) is 6.23. The van der Waals surface area contributed by atoms with Crippen LogP contribution >= 0.6 is 0 Å². The Balaban J connectivity index is 1.94. The van der Waals surface area contributed by atoms with E-state index < -0.39 is 28.9 Å². The SMILES string of the molecule is Cc1ccc(S(=O)(=O)OC2CCN(C(F)C(F)F)CC2)cc1. The molecule has 0 aromatic heterocycles. The molecule has 0 bridgehead atoms. The number of nitrogens with zero attached hydrogens (tertiary/aromatic N) is 1. The summed E-state index contributed by atoms with van der Waals surface area (Å²) >= 11 is 0. The van der Waals surface area contributed by atoms with Gasteiger partial charge in [0.2, 0.25) is 6.30 Å². The zero-order valence-corrected chi connectivity index (χ0v) is 12.9. The minimum atomic E-state index is -3.89. The molecule has 0 saturated carbocycles. The molecule has 0 amide bonds. The van der Waals surface area contributed by atoms with Crippen molar-refractivity contribution in [1.29, 1.82) is 0 Å². The number of halogens is 3. The van der Waals surface area contributed by atoms with Crippen molar-refractivity contribution in [2.45, 2.75) is 43.5 Å². The second-order valence-corrected chi connectivity index (χ2v) is 6.88. The standard InChI is InChI=1S/C14H18F3NO3S/c1-10-2-4-12(5-3-10)22(19,20)21-11-6-8-18(9-7-11)14(17)13(15)16/h2-5,11,13-14H,6-9H2,1H3. The predicted molar refractivity (Wildman–Crippen MR) is 74.9 cm³/mol. The van der Waals surface area contributed by atoms with Crippen LogP contribution in [0.2, 0.25) is 0 Å². The summed E-state index contributed by atoms with van der Waals surface area (Å²) in [4.78, 5) is 1.06. The van der Waals surface area contributed by atoms with Gasteiger partial charge in [-0.25, -0.2) is 13.2 Å². The number of piperidine rings is 1. The van der Waals surface area contributed by atoms with E-state index in [9.17, 15) is 21.6 Å². The maximum atomic E-state index is 13.2. The molecule has 4 nitrogen and oxygen atoms in total. The van der Waals surface area contributed by atoms with Gasteiger partial charge in [-0.15, -0.1) is 0 Å². The quantitative estimate of drug-likeness (QED) is 0.612. The smallest absolute Gasteiger partial charge is 0.269 e. The molecule has 1 saturated heterocycles. The van der Waals surface area contributed by atoms with Crippen LogP contribution in [-0.2, 0) is 14.3 Å². The van der Waals surface area contributed by atoms with Gasteiger partial charge in [0, 0.05) is 13.1 Å². The number of hydrogen-bond donors (Lipinski definition) is 0. The van der Waals surface area contributed by atoms with Crippen molar-refractivity contribution in [2.75, 3.05) is 13.1 Å². The number of rotatable bonds is 5. The van der Waals surface area contributed by atoms with E-state index in [4.69, 9.17) is 4.18 Å². The minimum absolute atomic E-state index is 0.0413. The summed E-state index contributed by atoms with van der Waals surface area (Å²) in [5.41, 5.74) is 0.924. The molecule has 1 aromatic rings. The van der Waals surface area contributed by atoms with E-state index in [1.807, 2.05) is 6.92 Å². The molecular weight excluding hydrogens is 319 g/mol. The van der Waals surface area contributed by atoms with Crippen LogP contribution in [0.5, 0.6) is 0 Å². The fraction of sp³-hybridized carbons (Fsp3) is 0.571. The molecule has 1 atom stereocenters. The largest absolute Gasteiger partial charge is 0.297 e. The lowest BCUT2D eigenvalue weighted by Gasteiger charge is -2.33. The molecule has 1 fully saturated rings. The van der Waals surface area contributed by atoms with Crippen LogP contribution in [-0.4, -0.2) is 45.2 Å². The Morgan fingerprint density at radius 3 is 2.18 bits per heavy atom. The third kappa shape index (κ3) is 4.21. The zero-order valence-electron chi connectivity index (χ0n) is 12.1. The van der Waals surface area contributed by atoms with Gasteiger partial charge in [0.1, 0.15) is 0 Å². The molecule has 124 valence electrons. The van der Waals surface area contributed by atoms with Gasteiger partial charge < -0.3 is 0 Å². The first-order valence-corrected chi connectivity index (χ1v) is 8.36. The number of hydrogen-bond acceptors (Lipinski definition) is 4. The number of alkyl halides is 3. The van der Waals surface area contributed by atoms with Crippen molar-refractivity contribution < 1.29 is 25.8 Å². The van der Waals surface area contributed by atoms with Crippen LogP contribution in [0.15, 0.2) is 29.2 Å². The highest BCUT2D eigenvalue weighted by atomic mass is 32.2. The zero-order chi connectivity index (χ0) is 16.3. The lowest BCUT2D eigenvalue weighted by atomic mass is 10.1. The highest BCUT2D eigenvalue weighted by Gasteiger charge is 2.32. The van der Waals surface area contributed by atoms with Crippen LogP contribution in [0.25, 0.3) is 0 Å². The summed E-state index contributed by atoms with van der Waals surface area (Å²) in [7, 11) is -3.89.